The van der Waals surface area contributed by atoms with Crippen molar-refractivity contribution >= 4 is 0 Å². The second kappa shape index (κ2) is 4.22. The highest BCUT2D eigenvalue weighted by Crippen LogP contribution is 2.12. The van der Waals surface area contributed by atoms with Crippen molar-refractivity contribution in [3.8, 4) is 0 Å². The molecule has 0 N–H and O–H groups in total. The number of nitrogens with zero attached hydrogens (tertiary/aromatic N) is 2. The summed E-state index contributed by atoms with van der Waals surface area (Å²) >= 11 is 0. The van der Waals surface area contributed by atoms with Crippen LogP contribution < -0.4 is 0 Å². The van der Waals surface area contributed by atoms with Gasteiger partial charge in [-0.1, -0.05) is 12.1 Å². The summed E-state index contributed by atoms with van der Waals surface area (Å²) in [6.45, 7) is 4.13. The predicted octanol–water partition coefficient (Wildman–Crippen LogP) is 2.68. The van der Waals surface area contributed by atoms with Crippen LogP contribution in [0.5, 0.6) is 0 Å². The van der Waals surface area contributed by atoms with Crippen molar-refractivity contribution in [2.24, 2.45) is 0 Å². The zero-order valence-corrected chi connectivity index (χ0v) is 9.07. The lowest BCUT2D eigenvalue weighted by Gasteiger charge is -2.06. The minimum atomic E-state index is 0.867. The number of hydrogen-bond acceptors (Lipinski definition) is 2. The van der Waals surface area contributed by atoms with Gasteiger partial charge in [0.1, 0.15) is 0 Å². The van der Waals surface area contributed by atoms with Crippen molar-refractivity contribution in [2.45, 2.75) is 20.3 Å². The largest absolute Gasteiger partial charge is 0.261 e. The monoisotopic (exact) mass is 198 g/mol. The zero-order valence-electron chi connectivity index (χ0n) is 9.07. The first-order chi connectivity index (χ1) is 7.27. The first-order valence-electron chi connectivity index (χ1n) is 5.08. The first-order valence-corrected chi connectivity index (χ1v) is 5.08. The van der Waals surface area contributed by atoms with Crippen molar-refractivity contribution in [3.63, 3.8) is 0 Å². The molecule has 0 atom stereocenters. The lowest BCUT2D eigenvalue weighted by atomic mass is 10.1. The summed E-state index contributed by atoms with van der Waals surface area (Å²) in [7, 11) is 0. The Bertz CT molecular complexity index is 420. The van der Waals surface area contributed by atoms with Crippen LogP contribution in [0.15, 0.2) is 36.7 Å². The molecule has 0 saturated heterocycles. The van der Waals surface area contributed by atoms with E-state index in [4.69, 9.17) is 0 Å². The fraction of sp³-hybridized carbons (Fsp3) is 0.231. The molecule has 0 bridgehead atoms. The molecule has 0 amide bonds. The maximum absolute atomic E-state index is 4.39. The van der Waals surface area contributed by atoms with Gasteiger partial charge in [0.15, 0.2) is 0 Å². The van der Waals surface area contributed by atoms with Crippen molar-refractivity contribution in [2.75, 3.05) is 0 Å². The van der Waals surface area contributed by atoms with Crippen LogP contribution in [-0.2, 0) is 6.42 Å². The van der Waals surface area contributed by atoms with Gasteiger partial charge in [-0.15, -0.1) is 0 Å². The molecule has 0 fully saturated rings. The van der Waals surface area contributed by atoms with Gasteiger partial charge in [-0.3, -0.25) is 9.97 Å². The molecule has 2 nitrogen and oxygen atoms in total. The molecular formula is C13H14N2. The fourth-order valence-electron chi connectivity index (χ4n) is 1.59. The Morgan fingerprint density at radius 3 is 2.47 bits per heavy atom. The molecule has 0 aliphatic rings. The van der Waals surface area contributed by atoms with Gasteiger partial charge in [0.25, 0.3) is 0 Å². The molecule has 0 saturated carbocycles. The molecule has 0 radical (unpaired) electrons. The molecule has 15 heavy (non-hydrogen) atoms. The van der Waals surface area contributed by atoms with E-state index in [0.29, 0.717) is 0 Å². The molecule has 0 unspecified atom stereocenters. The summed E-state index contributed by atoms with van der Waals surface area (Å²) in [5.41, 5.74) is 4.70. The van der Waals surface area contributed by atoms with E-state index in [0.717, 1.165) is 17.8 Å². The maximum atomic E-state index is 4.39. The first kappa shape index (κ1) is 9.84. The highest BCUT2D eigenvalue weighted by atomic mass is 14.7. The molecule has 76 valence electrons. The van der Waals surface area contributed by atoms with E-state index in [9.17, 15) is 0 Å². The Balaban J connectivity index is 2.30. The SMILES string of the molecule is Cc1cccnc1Cc1cccnc1C. The van der Waals surface area contributed by atoms with Crippen LogP contribution in [0.1, 0.15) is 22.5 Å². The van der Waals surface area contributed by atoms with Gasteiger partial charge in [0.05, 0.1) is 0 Å². The van der Waals surface area contributed by atoms with Crippen LogP contribution in [0.25, 0.3) is 0 Å². The minimum Gasteiger partial charge on any atom is -0.261 e. The Morgan fingerprint density at radius 1 is 1.00 bits per heavy atom. The maximum Gasteiger partial charge on any atom is 0.0477 e. The van der Waals surface area contributed by atoms with Gasteiger partial charge in [-0.05, 0) is 37.1 Å². The van der Waals surface area contributed by atoms with Crippen LogP contribution >= 0.6 is 0 Å². The van der Waals surface area contributed by atoms with Crippen LogP contribution in [-0.4, -0.2) is 9.97 Å². The molecule has 0 spiro atoms. The fourth-order valence-corrected chi connectivity index (χ4v) is 1.59. The molecular weight excluding hydrogens is 184 g/mol. The molecule has 2 aromatic rings. The van der Waals surface area contributed by atoms with E-state index >= 15 is 0 Å². The van der Waals surface area contributed by atoms with E-state index < -0.39 is 0 Å². The summed E-state index contributed by atoms with van der Waals surface area (Å²) < 4.78 is 0. The highest BCUT2D eigenvalue weighted by molar-refractivity contribution is 5.28. The van der Waals surface area contributed by atoms with Crippen LogP contribution in [0.3, 0.4) is 0 Å². The van der Waals surface area contributed by atoms with Gasteiger partial charge in [-0.25, -0.2) is 0 Å². The van der Waals surface area contributed by atoms with Crippen LogP contribution in [0.4, 0.5) is 0 Å². The van der Waals surface area contributed by atoms with Gasteiger partial charge >= 0.3 is 0 Å². The number of aromatic nitrogens is 2. The lowest BCUT2D eigenvalue weighted by Crippen LogP contribution is -1.98. The average molecular weight is 198 g/mol. The molecule has 2 heteroatoms. The second-order valence-corrected chi connectivity index (χ2v) is 3.69. The van der Waals surface area contributed by atoms with E-state index in [-0.39, 0.29) is 0 Å². The third-order valence-electron chi connectivity index (χ3n) is 2.59. The van der Waals surface area contributed by atoms with Gasteiger partial charge in [0.2, 0.25) is 0 Å². The quantitative estimate of drug-likeness (QED) is 0.741. The molecule has 0 aromatic carbocycles. The molecule has 2 aromatic heterocycles. The van der Waals surface area contributed by atoms with Gasteiger partial charge in [-0.2, -0.15) is 0 Å². The number of rotatable bonds is 2. The Morgan fingerprint density at radius 2 is 1.73 bits per heavy atom. The third kappa shape index (κ3) is 2.21. The summed E-state index contributed by atoms with van der Waals surface area (Å²) in [5.74, 6) is 0. The van der Waals surface area contributed by atoms with E-state index in [1.54, 1.807) is 0 Å². The minimum absolute atomic E-state index is 0.867. The highest BCUT2D eigenvalue weighted by Gasteiger charge is 2.03. The molecule has 0 aliphatic carbocycles. The summed E-state index contributed by atoms with van der Waals surface area (Å²) in [4.78, 5) is 8.66. The Hall–Kier alpha value is -1.70. The predicted molar refractivity (Wildman–Crippen MR) is 60.8 cm³/mol. The Labute approximate surface area is 90.0 Å². The van der Waals surface area contributed by atoms with E-state index in [2.05, 4.69) is 29.0 Å². The van der Waals surface area contributed by atoms with Crippen LogP contribution in [0, 0.1) is 13.8 Å². The zero-order chi connectivity index (χ0) is 10.7. The second-order valence-electron chi connectivity index (χ2n) is 3.69. The smallest absolute Gasteiger partial charge is 0.0477 e. The number of aryl methyl sites for hydroxylation is 2. The normalized spacial score (nSPS) is 10.3. The van der Waals surface area contributed by atoms with Crippen molar-refractivity contribution in [1.29, 1.82) is 0 Å². The summed E-state index contributed by atoms with van der Waals surface area (Å²) in [6, 6.07) is 8.14. The van der Waals surface area contributed by atoms with Crippen molar-refractivity contribution in [1.82, 2.24) is 9.97 Å². The lowest BCUT2D eigenvalue weighted by molar-refractivity contribution is 1.00. The number of pyridine rings is 2. The van der Waals surface area contributed by atoms with Gasteiger partial charge in [0, 0.05) is 30.2 Å². The number of hydrogen-bond donors (Lipinski definition) is 0. The molecule has 2 rings (SSSR count). The van der Waals surface area contributed by atoms with Crippen molar-refractivity contribution in [3.05, 3.63) is 59.2 Å². The molecule has 0 aliphatic heterocycles. The standard InChI is InChI=1S/C13H14N2/c1-10-5-3-8-15-13(10)9-12-6-4-7-14-11(12)2/h3-8H,9H2,1-2H3. The average Bonchev–Trinajstić information content (AvgIpc) is 2.24. The van der Waals surface area contributed by atoms with E-state index in [1.807, 2.05) is 31.5 Å². The van der Waals surface area contributed by atoms with Crippen molar-refractivity contribution < 1.29 is 0 Å². The topological polar surface area (TPSA) is 25.8 Å². The van der Waals surface area contributed by atoms with Crippen LogP contribution in [0.2, 0.25) is 0 Å². The van der Waals surface area contributed by atoms with Gasteiger partial charge < -0.3 is 0 Å². The summed E-state index contributed by atoms with van der Waals surface area (Å²) in [6.07, 6.45) is 4.53. The third-order valence-corrected chi connectivity index (χ3v) is 2.59. The van der Waals surface area contributed by atoms with E-state index in [1.165, 1.54) is 11.1 Å². The summed E-state index contributed by atoms with van der Waals surface area (Å²) in [5, 5.41) is 0. The Kier molecular flexibility index (Phi) is 2.77. The molecule has 2 heterocycles.